The molecule has 0 spiro atoms. The van der Waals surface area contributed by atoms with E-state index in [0.717, 1.165) is 25.7 Å². The lowest BCUT2D eigenvalue weighted by Crippen LogP contribution is -2.55. The standard InChI is InChI=1S/C9H18N2O2/c10-9(4-2-1-3-5-9)8(13)11-6-7-12/h12H,1-7,10H2,(H,11,13). The van der Waals surface area contributed by atoms with Crippen LogP contribution in [0, 0.1) is 0 Å². The average Bonchev–Trinajstić information content (AvgIpc) is 2.15. The molecule has 13 heavy (non-hydrogen) atoms. The van der Waals surface area contributed by atoms with Gasteiger partial charge >= 0.3 is 0 Å². The van der Waals surface area contributed by atoms with Crippen molar-refractivity contribution in [1.29, 1.82) is 0 Å². The zero-order valence-corrected chi connectivity index (χ0v) is 7.88. The first-order valence-corrected chi connectivity index (χ1v) is 4.87. The Kier molecular flexibility index (Phi) is 3.69. The molecule has 1 amide bonds. The minimum Gasteiger partial charge on any atom is -0.395 e. The van der Waals surface area contributed by atoms with E-state index in [2.05, 4.69) is 5.32 Å². The molecule has 0 heterocycles. The van der Waals surface area contributed by atoms with Gasteiger partial charge in [0, 0.05) is 6.54 Å². The number of carbonyl (C=O) groups is 1. The third kappa shape index (κ3) is 2.67. The van der Waals surface area contributed by atoms with E-state index >= 15 is 0 Å². The second-order valence-corrected chi connectivity index (χ2v) is 3.70. The molecule has 4 nitrogen and oxygen atoms in total. The normalized spacial score (nSPS) is 21.1. The van der Waals surface area contributed by atoms with Gasteiger partial charge in [0.25, 0.3) is 0 Å². The summed E-state index contributed by atoms with van der Waals surface area (Å²) in [5.74, 6) is -0.110. The number of hydrogen-bond donors (Lipinski definition) is 3. The molecule has 4 N–H and O–H groups in total. The van der Waals surface area contributed by atoms with E-state index in [-0.39, 0.29) is 12.5 Å². The smallest absolute Gasteiger partial charge is 0.240 e. The van der Waals surface area contributed by atoms with Gasteiger partial charge < -0.3 is 16.2 Å². The van der Waals surface area contributed by atoms with Crippen LogP contribution in [0.4, 0.5) is 0 Å². The zero-order valence-electron chi connectivity index (χ0n) is 7.88. The Morgan fingerprint density at radius 3 is 2.54 bits per heavy atom. The first-order valence-electron chi connectivity index (χ1n) is 4.87. The summed E-state index contributed by atoms with van der Waals surface area (Å²) in [4.78, 5) is 11.5. The molecule has 0 saturated heterocycles. The highest BCUT2D eigenvalue weighted by atomic mass is 16.3. The van der Waals surface area contributed by atoms with E-state index < -0.39 is 5.54 Å². The van der Waals surface area contributed by atoms with Crippen molar-refractivity contribution in [2.24, 2.45) is 5.73 Å². The van der Waals surface area contributed by atoms with Crippen LogP contribution in [0.3, 0.4) is 0 Å². The van der Waals surface area contributed by atoms with E-state index in [1.54, 1.807) is 0 Å². The van der Waals surface area contributed by atoms with Crippen molar-refractivity contribution < 1.29 is 9.90 Å². The Bertz CT molecular complexity index is 176. The summed E-state index contributed by atoms with van der Waals surface area (Å²) in [6, 6.07) is 0. The van der Waals surface area contributed by atoms with Crippen molar-refractivity contribution in [2.45, 2.75) is 37.6 Å². The molecule has 1 aliphatic carbocycles. The molecule has 1 rings (SSSR count). The Balaban J connectivity index is 2.42. The van der Waals surface area contributed by atoms with Gasteiger partial charge in [-0.1, -0.05) is 19.3 Å². The van der Waals surface area contributed by atoms with Crippen molar-refractivity contribution in [2.75, 3.05) is 13.2 Å². The van der Waals surface area contributed by atoms with Crippen LogP contribution in [0.5, 0.6) is 0 Å². The van der Waals surface area contributed by atoms with Crippen LogP contribution in [0.1, 0.15) is 32.1 Å². The maximum atomic E-state index is 11.5. The van der Waals surface area contributed by atoms with E-state index in [9.17, 15) is 4.79 Å². The van der Waals surface area contributed by atoms with Crippen LogP contribution >= 0.6 is 0 Å². The van der Waals surface area contributed by atoms with Gasteiger partial charge in [0.05, 0.1) is 12.1 Å². The molecular formula is C9H18N2O2. The molecule has 0 unspecified atom stereocenters. The van der Waals surface area contributed by atoms with Crippen molar-refractivity contribution in [3.63, 3.8) is 0 Å². The van der Waals surface area contributed by atoms with E-state index in [0.29, 0.717) is 6.54 Å². The van der Waals surface area contributed by atoms with E-state index in [1.807, 2.05) is 0 Å². The summed E-state index contributed by atoms with van der Waals surface area (Å²) in [5, 5.41) is 11.2. The summed E-state index contributed by atoms with van der Waals surface area (Å²) in [6.45, 7) is 0.277. The summed E-state index contributed by atoms with van der Waals surface area (Å²) in [6.07, 6.45) is 4.77. The molecule has 4 heteroatoms. The fourth-order valence-electron chi connectivity index (χ4n) is 1.76. The number of nitrogens with two attached hydrogens (primary N) is 1. The Hall–Kier alpha value is -0.610. The number of amides is 1. The number of hydrogen-bond acceptors (Lipinski definition) is 3. The molecule has 0 bridgehead atoms. The second-order valence-electron chi connectivity index (χ2n) is 3.70. The molecule has 1 aliphatic rings. The van der Waals surface area contributed by atoms with Gasteiger partial charge in [-0.3, -0.25) is 4.79 Å². The molecular weight excluding hydrogens is 168 g/mol. The van der Waals surface area contributed by atoms with Gasteiger partial charge in [0.15, 0.2) is 0 Å². The summed E-state index contributed by atoms with van der Waals surface area (Å²) >= 11 is 0. The van der Waals surface area contributed by atoms with Crippen LogP contribution in [-0.4, -0.2) is 29.7 Å². The summed E-state index contributed by atoms with van der Waals surface area (Å²) in [5.41, 5.74) is 5.28. The topological polar surface area (TPSA) is 75.4 Å². The van der Waals surface area contributed by atoms with Crippen molar-refractivity contribution in [3.05, 3.63) is 0 Å². The zero-order chi connectivity index (χ0) is 9.73. The summed E-state index contributed by atoms with van der Waals surface area (Å²) in [7, 11) is 0. The molecule has 0 aromatic carbocycles. The van der Waals surface area contributed by atoms with Gasteiger partial charge in [0.2, 0.25) is 5.91 Å². The van der Waals surface area contributed by atoms with Gasteiger partial charge in [0.1, 0.15) is 0 Å². The fourth-order valence-corrected chi connectivity index (χ4v) is 1.76. The monoisotopic (exact) mass is 186 g/mol. The highest BCUT2D eigenvalue weighted by Gasteiger charge is 2.34. The van der Waals surface area contributed by atoms with Gasteiger partial charge in [-0.05, 0) is 12.8 Å². The average molecular weight is 186 g/mol. The lowest BCUT2D eigenvalue weighted by molar-refractivity contribution is -0.127. The van der Waals surface area contributed by atoms with Gasteiger partial charge in [-0.2, -0.15) is 0 Å². The maximum Gasteiger partial charge on any atom is 0.240 e. The molecule has 0 aromatic heterocycles. The number of aliphatic hydroxyl groups excluding tert-OH is 1. The first kappa shape index (κ1) is 10.5. The third-order valence-corrected chi connectivity index (χ3v) is 2.60. The minimum atomic E-state index is -0.673. The Morgan fingerprint density at radius 1 is 1.38 bits per heavy atom. The van der Waals surface area contributed by atoms with E-state index in [4.69, 9.17) is 10.8 Å². The van der Waals surface area contributed by atoms with Crippen LogP contribution in [-0.2, 0) is 4.79 Å². The predicted octanol–water partition coefficient (Wildman–Crippen LogP) is -0.244. The third-order valence-electron chi connectivity index (χ3n) is 2.60. The van der Waals surface area contributed by atoms with Crippen molar-refractivity contribution in [1.82, 2.24) is 5.32 Å². The highest BCUT2D eigenvalue weighted by molar-refractivity contribution is 5.86. The predicted molar refractivity (Wildman–Crippen MR) is 50.1 cm³/mol. The quantitative estimate of drug-likeness (QED) is 0.569. The van der Waals surface area contributed by atoms with Crippen LogP contribution < -0.4 is 11.1 Å². The number of rotatable bonds is 3. The molecule has 1 fully saturated rings. The molecule has 76 valence electrons. The molecule has 0 atom stereocenters. The molecule has 1 saturated carbocycles. The van der Waals surface area contributed by atoms with Crippen LogP contribution in [0.25, 0.3) is 0 Å². The number of carbonyl (C=O) groups excluding carboxylic acids is 1. The minimum absolute atomic E-state index is 0.0260. The van der Waals surface area contributed by atoms with Gasteiger partial charge in [-0.15, -0.1) is 0 Å². The van der Waals surface area contributed by atoms with Crippen LogP contribution in [0.15, 0.2) is 0 Å². The largest absolute Gasteiger partial charge is 0.395 e. The second kappa shape index (κ2) is 4.58. The van der Waals surface area contributed by atoms with Gasteiger partial charge in [-0.25, -0.2) is 0 Å². The Morgan fingerprint density at radius 2 is 2.00 bits per heavy atom. The van der Waals surface area contributed by atoms with E-state index in [1.165, 1.54) is 6.42 Å². The van der Waals surface area contributed by atoms with Crippen LogP contribution in [0.2, 0.25) is 0 Å². The fraction of sp³-hybridized carbons (Fsp3) is 0.889. The highest BCUT2D eigenvalue weighted by Crippen LogP contribution is 2.25. The van der Waals surface area contributed by atoms with Crippen molar-refractivity contribution in [3.8, 4) is 0 Å². The first-order chi connectivity index (χ1) is 6.19. The number of aliphatic hydroxyl groups is 1. The lowest BCUT2D eigenvalue weighted by atomic mass is 9.82. The molecule has 0 aliphatic heterocycles. The molecule has 0 radical (unpaired) electrons. The lowest BCUT2D eigenvalue weighted by Gasteiger charge is -2.31. The summed E-state index contributed by atoms with van der Waals surface area (Å²) < 4.78 is 0. The molecule has 0 aromatic rings. The van der Waals surface area contributed by atoms with Crippen molar-refractivity contribution >= 4 is 5.91 Å². The Labute approximate surface area is 78.5 Å². The number of nitrogens with one attached hydrogen (secondary N) is 1. The SMILES string of the molecule is NC1(C(=O)NCCO)CCCCC1. The maximum absolute atomic E-state index is 11.5.